The highest BCUT2D eigenvalue weighted by molar-refractivity contribution is 5.78. The van der Waals surface area contributed by atoms with Crippen molar-refractivity contribution in [3.8, 4) is 5.75 Å². The smallest absolute Gasteiger partial charge is 0.407 e. The minimum absolute atomic E-state index is 0.0224. The minimum Gasteiger partial charge on any atom is -0.484 e. The van der Waals surface area contributed by atoms with Crippen LogP contribution >= 0.6 is 0 Å². The van der Waals surface area contributed by atoms with Crippen LogP contribution in [0.2, 0.25) is 0 Å². The van der Waals surface area contributed by atoms with Crippen LogP contribution in [0.5, 0.6) is 5.75 Å². The van der Waals surface area contributed by atoms with Crippen molar-refractivity contribution >= 4 is 12.0 Å². The lowest BCUT2D eigenvalue weighted by Gasteiger charge is -2.32. The summed E-state index contributed by atoms with van der Waals surface area (Å²) in [6, 6.07) is 5.97. The molecule has 1 heterocycles. The standard InChI is InChI=1S/C20H30N2O4/c1-14(2)12-26-20(24)21-17-7-9-22(10-8-17)19(23)13-25-18-6-5-15(3)11-16(18)4/h5-6,11,14,17H,7-10,12-13H2,1-4H3,(H,21,24). The Bertz CT molecular complexity index is 622. The van der Waals surface area contributed by atoms with Crippen molar-refractivity contribution in [2.75, 3.05) is 26.3 Å². The first kappa shape index (κ1) is 20.1. The molecule has 0 atom stereocenters. The minimum atomic E-state index is -0.373. The van der Waals surface area contributed by atoms with Gasteiger partial charge in [-0.05, 0) is 44.2 Å². The van der Waals surface area contributed by atoms with Crippen LogP contribution in [0.15, 0.2) is 18.2 Å². The number of carbonyl (C=O) groups excluding carboxylic acids is 2. The molecule has 1 N–H and O–H groups in total. The van der Waals surface area contributed by atoms with E-state index in [4.69, 9.17) is 9.47 Å². The predicted molar refractivity (Wildman–Crippen MR) is 100 cm³/mol. The van der Waals surface area contributed by atoms with Crippen LogP contribution in [0, 0.1) is 19.8 Å². The maximum Gasteiger partial charge on any atom is 0.407 e. The Balaban J connectivity index is 1.71. The van der Waals surface area contributed by atoms with Crippen molar-refractivity contribution in [3.63, 3.8) is 0 Å². The van der Waals surface area contributed by atoms with Crippen LogP contribution in [0.1, 0.15) is 37.8 Å². The number of amides is 2. The summed E-state index contributed by atoms with van der Waals surface area (Å²) in [5.41, 5.74) is 2.20. The van der Waals surface area contributed by atoms with Crippen LogP contribution in [0.25, 0.3) is 0 Å². The third kappa shape index (κ3) is 6.24. The summed E-state index contributed by atoms with van der Waals surface area (Å²) >= 11 is 0. The van der Waals surface area contributed by atoms with Gasteiger partial charge in [0, 0.05) is 19.1 Å². The third-order valence-electron chi connectivity index (χ3n) is 4.40. The largest absolute Gasteiger partial charge is 0.484 e. The predicted octanol–water partition coefficient (Wildman–Crippen LogP) is 3.06. The van der Waals surface area contributed by atoms with Gasteiger partial charge < -0.3 is 19.7 Å². The van der Waals surface area contributed by atoms with Crippen LogP contribution in [0.3, 0.4) is 0 Å². The third-order valence-corrected chi connectivity index (χ3v) is 4.40. The molecule has 0 spiro atoms. The molecule has 1 fully saturated rings. The van der Waals surface area contributed by atoms with Crippen molar-refractivity contribution < 1.29 is 19.1 Å². The maximum absolute atomic E-state index is 12.3. The highest BCUT2D eigenvalue weighted by Gasteiger charge is 2.24. The molecule has 1 aliphatic rings. The molecule has 2 amide bonds. The summed E-state index contributed by atoms with van der Waals surface area (Å²) in [5.74, 6) is 1.04. The normalized spacial score (nSPS) is 15.0. The zero-order valence-corrected chi connectivity index (χ0v) is 16.2. The van der Waals surface area contributed by atoms with Crippen molar-refractivity contribution in [2.24, 2.45) is 5.92 Å². The Labute approximate surface area is 155 Å². The summed E-state index contributed by atoms with van der Waals surface area (Å²) in [5, 5.41) is 2.87. The number of rotatable bonds is 6. The van der Waals surface area contributed by atoms with Gasteiger partial charge in [0.25, 0.3) is 5.91 Å². The van der Waals surface area contributed by atoms with E-state index in [9.17, 15) is 9.59 Å². The molecular weight excluding hydrogens is 332 g/mol. The second-order valence-corrected chi connectivity index (χ2v) is 7.35. The molecule has 0 saturated carbocycles. The summed E-state index contributed by atoms with van der Waals surface area (Å²) < 4.78 is 10.8. The number of ether oxygens (including phenoxy) is 2. The highest BCUT2D eigenvalue weighted by atomic mass is 16.5. The average Bonchev–Trinajstić information content (AvgIpc) is 2.59. The van der Waals surface area contributed by atoms with Crippen LogP contribution in [-0.4, -0.2) is 49.2 Å². The number of hydrogen-bond acceptors (Lipinski definition) is 4. The Morgan fingerprint density at radius 1 is 1.23 bits per heavy atom. The number of likely N-dealkylation sites (tertiary alicyclic amines) is 1. The van der Waals surface area contributed by atoms with Crippen molar-refractivity contribution in [1.29, 1.82) is 0 Å². The molecule has 0 aromatic heterocycles. The molecule has 1 saturated heterocycles. The van der Waals surface area contributed by atoms with Gasteiger partial charge in [0.05, 0.1) is 6.61 Å². The second kappa shape index (κ2) is 9.46. The van der Waals surface area contributed by atoms with E-state index in [0.29, 0.717) is 25.6 Å². The molecular formula is C20H30N2O4. The molecule has 1 aromatic carbocycles. The number of nitrogens with one attached hydrogen (secondary N) is 1. The fraction of sp³-hybridized carbons (Fsp3) is 0.600. The van der Waals surface area contributed by atoms with Crippen molar-refractivity contribution in [1.82, 2.24) is 10.2 Å². The second-order valence-electron chi connectivity index (χ2n) is 7.35. The number of nitrogens with zero attached hydrogens (tertiary/aromatic N) is 1. The van der Waals surface area contributed by atoms with E-state index < -0.39 is 0 Å². The molecule has 0 unspecified atom stereocenters. The molecule has 1 aromatic rings. The first-order chi connectivity index (χ1) is 12.3. The molecule has 6 nitrogen and oxygen atoms in total. The fourth-order valence-electron chi connectivity index (χ4n) is 2.92. The number of carbonyl (C=O) groups is 2. The summed E-state index contributed by atoms with van der Waals surface area (Å²) in [4.78, 5) is 25.9. The summed E-state index contributed by atoms with van der Waals surface area (Å²) in [6.07, 6.45) is 1.08. The number of hydrogen-bond donors (Lipinski definition) is 1. The maximum atomic E-state index is 12.3. The molecule has 144 valence electrons. The molecule has 1 aliphatic heterocycles. The highest BCUT2D eigenvalue weighted by Crippen LogP contribution is 2.19. The van der Waals surface area contributed by atoms with Crippen LogP contribution in [-0.2, 0) is 9.53 Å². The number of piperidine rings is 1. The number of benzene rings is 1. The van der Waals surface area contributed by atoms with E-state index in [0.717, 1.165) is 24.2 Å². The van der Waals surface area contributed by atoms with Crippen LogP contribution < -0.4 is 10.1 Å². The van der Waals surface area contributed by atoms with E-state index in [-0.39, 0.29) is 24.6 Å². The Morgan fingerprint density at radius 3 is 2.54 bits per heavy atom. The van der Waals surface area contributed by atoms with Gasteiger partial charge >= 0.3 is 6.09 Å². The number of alkyl carbamates (subject to hydrolysis) is 1. The molecule has 0 bridgehead atoms. The zero-order valence-electron chi connectivity index (χ0n) is 16.2. The lowest BCUT2D eigenvalue weighted by molar-refractivity contribution is -0.134. The SMILES string of the molecule is Cc1ccc(OCC(=O)N2CCC(NC(=O)OCC(C)C)CC2)c(C)c1. The molecule has 0 radical (unpaired) electrons. The Kier molecular flexibility index (Phi) is 7.30. The van der Waals surface area contributed by atoms with E-state index >= 15 is 0 Å². The fourth-order valence-corrected chi connectivity index (χ4v) is 2.92. The van der Waals surface area contributed by atoms with Gasteiger partial charge in [0.15, 0.2) is 6.61 Å². The van der Waals surface area contributed by atoms with E-state index in [1.807, 2.05) is 45.9 Å². The van der Waals surface area contributed by atoms with Gasteiger partial charge in [0.2, 0.25) is 0 Å². The molecule has 6 heteroatoms. The number of aryl methyl sites for hydroxylation is 2. The van der Waals surface area contributed by atoms with E-state index in [1.54, 1.807) is 4.90 Å². The van der Waals surface area contributed by atoms with Gasteiger partial charge in [-0.2, -0.15) is 0 Å². The lowest BCUT2D eigenvalue weighted by Crippen LogP contribution is -2.47. The van der Waals surface area contributed by atoms with Crippen LogP contribution in [0.4, 0.5) is 4.79 Å². The van der Waals surface area contributed by atoms with E-state index in [2.05, 4.69) is 5.32 Å². The summed E-state index contributed by atoms with van der Waals surface area (Å²) in [7, 11) is 0. The lowest BCUT2D eigenvalue weighted by atomic mass is 10.1. The topological polar surface area (TPSA) is 67.9 Å². The van der Waals surface area contributed by atoms with Crippen molar-refractivity contribution in [3.05, 3.63) is 29.3 Å². The summed E-state index contributed by atoms with van der Waals surface area (Å²) in [6.45, 7) is 9.68. The van der Waals surface area contributed by atoms with Crippen molar-refractivity contribution in [2.45, 2.75) is 46.6 Å². The monoisotopic (exact) mass is 362 g/mol. The molecule has 0 aliphatic carbocycles. The van der Waals surface area contributed by atoms with E-state index in [1.165, 1.54) is 5.56 Å². The van der Waals surface area contributed by atoms with Gasteiger partial charge in [-0.1, -0.05) is 31.5 Å². The molecule has 2 rings (SSSR count). The van der Waals surface area contributed by atoms with Gasteiger partial charge in [-0.3, -0.25) is 4.79 Å². The first-order valence-electron chi connectivity index (χ1n) is 9.26. The Morgan fingerprint density at radius 2 is 1.92 bits per heavy atom. The molecule has 26 heavy (non-hydrogen) atoms. The van der Waals surface area contributed by atoms with Gasteiger partial charge in [-0.15, -0.1) is 0 Å². The van der Waals surface area contributed by atoms with Gasteiger partial charge in [-0.25, -0.2) is 4.79 Å². The quantitative estimate of drug-likeness (QED) is 0.844. The Hall–Kier alpha value is -2.24. The zero-order chi connectivity index (χ0) is 19.1. The van der Waals surface area contributed by atoms with Gasteiger partial charge in [0.1, 0.15) is 5.75 Å². The average molecular weight is 362 g/mol. The first-order valence-corrected chi connectivity index (χ1v) is 9.26.